The van der Waals surface area contributed by atoms with Crippen LogP contribution in [0, 0.1) is 5.41 Å². The molecule has 1 aromatic rings. The van der Waals surface area contributed by atoms with Gasteiger partial charge >= 0.3 is 6.18 Å². The molecule has 0 aliphatic carbocycles. The van der Waals surface area contributed by atoms with Gasteiger partial charge in [-0.1, -0.05) is 0 Å². The first kappa shape index (κ1) is 19.6. The predicted octanol–water partition coefficient (Wildman–Crippen LogP) is 1.70. The number of hydrogen-bond acceptors (Lipinski definition) is 4. The summed E-state index contributed by atoms with van der Waals surface area (Å²) in [5.41, 5.74) is 0.184. The van der Waals surface area contributed by atoms with Gasteiger partial charge in [0, 0.05) is 53.4 Å². The number of pyridine rings is 1. The van der Waals surface area contributed by atoms with Gasteiger partial charge in [0.15, 0.2) is 0 Å². The van der Waals surface area contributed by atoms with Gasteiger partial charge in [-0.05, 0) is 37.9 Å². The lowest BCUT2D eigenvalue weighted by molar-refractivity contribution is -0.141. The number of piperidine rings is 1. The summed E-state index contributed by atoms with van der Waals surface area (Å²) in [5, 5.41) is 0. The van der Waals surface area contributed by atoms with Crippen molar-refractivity contribution in [2.45, 2.75) is 31.5 Å². The van der Waals surface area contributed by atoms with Crippen molar-refractivity contribution in [2.24, 2.45) is 5.41 Å². The summed E-state index contributed by atoms with van der Waals surface area (Å²) >= 11 is 0. The summed E-state index contributed by atoms with van der Waals surface area (Å²) in [6.07, 6.45) is 0.212. The third-order valence-electron chi connectivity index (χ3n) is 5.72. The number of likely N-dealkylation sites (tertiary alicyclic amines) is 1. The lowest BCUT2D eigenvalue weighted by Crippen LogP contribution is -2.51. The average Bonchev–Trinajstić information content (AvgIpc) is 2.99. The van der Waals surface area contributed by atoms with Crippen LogP contribution < -0.4 is 4.90 Å². The van der Waals surface area contributed by atoms with Gasteiger partial charge in [0.2, 0.25) is 0 Å². The molecule has 9 heteroatoms. The van der Waals surface area contributed by atoms with Crippen LogP contribution in [0.15, 0.2) is 18.3 Å². The van der Waals surface area contributed by atoms with Crippen molar-refractivity contribution in [3.63, 3.8) is 0 Å². The Labute approximate surface area is 153 Å². The van der Waals surface area contributed by atoms with Crippen LogP contribution in [0.1, 0.15) is 25.0 Å². The maximum Gasteiger partial charge on any atom is 0.433 e. The minimum absolute atomic E-state index is 0. The minimum Gasteiger partial charge on any atom is -0.412 e. The molecule has 0 aromatic carbocycles. The largest absolute Gasteiger partial charge is 0.433 e. The molecule has 0 bridgehead atoms. The first-order valence-corrected chi connectivity index (χ1v) is 10.2. The number of nitrogens with zero attached hydrogens (tertiary/aromatic N) is 3. The van der Waals surface area contributed by atoms with Crippen LogP contribution in [0.3, 0.4) is 0 Å². The van der Waals surface area contributed by atoms with Gasteiger partial charge in [0.05, 0.1) is 11.9 Å². The fourth-order valence-electron chi connectivity index (χ4n) is 4.39. The van der Waals surface area contributed by atoms with Crippen LogP contribution in [-0.4, -0.2) is 63.3 Å². The molecule has 0 radical (unpaired) electrons. The molecule has 2 N–H and O–H groups in total. The van der Waals surface area contributed by atoms with E-state index in [2.05, 4.69) is 14.8 Å². The first-order valence-electron chi connectivity index (χ1n) is 8.72. The zero-order valence-corrected chi connectivity index (χ0v) is 15.3. The quantitative estimate of drug-likeness (QED) is 0.770. The lowest BCUT2D eigenvalue weighted by atomic mass is 9.91. The number of hydrogen-bond donors (Lipinski definition) is 0. The van der Waals surface area contributed by atoms with E-state index in [9.17, 15) is 17.4 Å². The molecule has 1 aromatic heterocycles. The molecule has 1 spiro atoms. The maximum atomic E-state index is 12.7. The Morgan fingerprint density at radius 2 is 2.00 bits per heavy atom. The molecule has 0 unspecified atom stereocenters. The molecule has 5 nitrogen and oxygen atoms in total. The van der Waals surface area contributed by atoms with Crippen LogP contribution in [0.5, 0.6) is 0 Å². The molecule has 3 aliphatic heterocycles. The van der Waals surface area contributed by atoms with Crippen LogP contribution >= 0.6 is 0 Å². The number of aromatic nitrogens is 1. The van der Waals surface area contributed by atoms with E-state index in [0.717, 1.165) is 68.7 Å². The van der Waals surface area contributed by atoms with Gasteiger partial charge in [-0.3, -0.25) is 9.11 Å². The van der Waals surface area contributed by atoms with Gasteiger partial charge in [0.1, 0.15) is 5.69 Å². The summed E-state index contributed by atoms with van der Waals surface area (Å²) in [4.78, 5) is 8.23. The molecule has 0 amide bonds. The zero-order valence-electron chi connectivity index (χ0n) is 14.5. The highest BCUT2D eigenvalue weighted by atomic mass is 32.2. The van der Waals surface area contributed by atoms with Gasteiger partial charge < -0.3 is 10.4 Å². The molecule has 3 aliphatic rings. The van der Waals surface area contributed by atoms with E-state index >= 15 is 0 Å². The van der Waals surface area contributed by atoms with Crippen molar-refractivity contribution in [3.8, 4) is 0 Å². The Hall–Kier alpha value is -1.19. The van der Waals surface area contributed by atoms with Crippen molar-refractivity contribution in [1.82, 2.24) is 9.88 Å². The molecule has 26 heavy (non-hydrogen) atoms. The monoisotopic (exact) mass is 391 g/mol. The van der Waals surface area contributed by atoms with Gasteiger partial charge in [-0.25, -0.2) is 4.98 Å². The number of halogens is 3. The van der Waals surface area contributed by atoms with E-state index < -0.39 is 22.7 Å². The Kier molecular flexibility index (Phi) is 5.33. The fourth-order valence-corrected chi connectivity index (χ4v) is 6.14. The molecule has 0 saturated carbocycles. The van der Waals surface area contributed by atoms with Gasteiger partial charge in [-0.2, -0.15) is 13.2 Å². The SMILES string of the molecule is O.O=S1CC2(CCN([C@@H]3CCCN(c4ccc(C(F)(F)F)nc4)C3)C2)C1. The normalized spacial score (nSPS) is 32.3. The smallest absolute Gasteiger partial charge is 0.412 e. The Morgan fingerprint density at radius 3 is 2.62 bits per heavy atom. The predicted molar refractivity (Wildman–Crippen MR) is 94.6 cm³/mol. The van der Waals surface area contributed by atoms with E-state index in [1.165, 1.54) is 12.3 Å². The molecule has 3 saturated heterocycles. The molecule has 3 fully saturated rings. The Balaban J connectivity index is 0.00000196. The van der Waals surface area contributed by atoms with Crippen LogP contribution in [0.2, 0.25) is 0 Å². The highest BCUT2D eigenvalue weighted by Gasteiger charge is 2.48. The van der Waals surface area contributed by atoms with Crippen molar-refractivity contribution in [1.29, 1.82) is 0 Å². The second-order valence-corrected chi connectivity index (χ2v) is 9.05. The summed E-state index contributed by atoms with van der Waals surface area (Å²) < 4.78 is 49.5. The van der Waals surface area contributed by atoms with E-state index in [0.29, 0.717) is 6.04 Å². The number of anilines is 1. The summed E-state index contributed by atoms with van der Waals surface area (Å²) in [6, 6.07) is 3.01. The van der Waals surface area contributed by atoms with Crippen molar-refractivity contribution in [3.05, 3.63) is 24.0 Å². The highest BCUT2D eigenvalue weighted by molar-refractivity contribution is 7.86. The second-order valence-electron chi connectivity index (χ2n) is 7.59. The van der Waals surface area contributed by atoms with Crippen LogP contribution in [0.4, 0.5) is 18.9 Å². The standard InChI is InChI=1S/C17H22F3N3OS.H2O/c18-17(19,20)15-4-3-13(8-21-15)22-6-1-2-14(9-22)23-7-5-16(10-23)11-25(24)12-16;/h3-4,8,14H,1-2,5-7,9-12H2;1H2/t14-,16?,25?;/m1./s1. The Bertz CT molecular complexity index is 660. The third kappa shape index (κ3) is 3.75. The zero-order chi connectivity index (χ0) is 17.7. The summed E-state index contributed by atoms with van der Waals surface area (Å²) in [5.74, 6) is 1.67. The minimum atomic E-state index is -4.39. The molecular formula is C17H24F3N3O2S. The molecule has 1 atom stereocenters. The summed E-state index contributed by atoms with van der Waals surface area (Å²) in [6.45, 7) is 3.74. The number of alkyl halides is 3. The van der Waals surface area contributed by atoms with Crippen molar-refractivity contribution >= 4 is 16.5 Å². The molecular weight excluding hydrogens is 367 g/mol. The summed E-state index contributed by atoms with van der Waals surface area (Å²) in [7, 11) is -0.625. The average molecular weight is 391 g/mol. The Morgan fingerprint density at radius 1 is 1.23 bits per heavy atom. The van der Waals surface area contributed by atoms with Crippen LogP contribution in [0.25, 0.3) is 0 Å². The second kappa shape index (κ2) is 7.09. The molecule has 4 heterocycles. The molecule has 4 rings (SSSR count). The maximum absolute atomic E-state index is 12.7. The number of rotatable bonds is 2. The van der Waals surface area contributed by atoms with Crippen molar-refractivity contribution in [2.75, 3.05) is 42.6 Å². The molecule has 146 valence electrons. The van der Waals surface area contributed by atoms with E-state index in [1.807, 2.05) is 0 Å². The fraction of sp³-hybridized carbons (Fsp3) is 0.706. The topological polar surface area (TPSA) is 67.9 Å². The first-order chi connectivity index (χ1) is 11.8. The van der Waals surface area contributed by atoms with E-state index in [4.69, 9.17) is 0 Å². The third-order valence-corrected chi connectivity index (χ3v) is 7.59. The van der Waals surface area contributed by atoms with E-state index in [-0.39, 0.29) is 10.9 Å². The van der Waals surface area contributed by atoms with Gasteiger partial charge in [-0.15, -0.1) is 0 Å². The van der Waals surface area contributed by atoms with Crippen molar-refractivity contribution < 1.29 is 22.9 Å². The highest BCUT2D eigenvalue weighted by Crippen LogP contribution is 2.41. The van der Waals surface area contributed by atoms with Crippen LogP contribution in [-0.2, 0) is 17.0 Å². The van der Waals surface area contributed by atoms with E-state index in [1.54, 1.807) is 0 Å². The lowest BCUT2D eigenvalue weighted by Gasteiger charge is -2.41. The van der Waals surface area contributed by atoms with Gasteiger partial charge in [0.25, 0.3) is 0 Å².